The van der Waals surface area contributed by atoms with Gasteiger partial charge in [0.1, 0.15) is 6.10 Å². The molecule has 0 bridgehead atoms. The van der Waals surface area contributed by atoms with Crippen LogP contribution in [0.1, 0.15) is 54.1 Å². The number of nitrogens with one attached hydrogen (secondary N) is 1. The first-order chi connectivity index (χ1) is 12.3. The molecule has 0 aromatic heterocycles. The fraction of sp³-hybridized carbons (Fsp3) is 0.579. The molecule has 3 rings (SSSR count). The molecule has 1 N–H and O–H groups in total. The summed E-state index contributed by atoms with van der Waals surface area (Å²) in [6, 6.07) is 2.00. The smallest absolute Gasteiger partial charge is 0.416 e. The van der Waals surface area contributed by atoms with E-state index in [0.29, 0.717) is 42.8 Å². The Morgan fingerprint density at radius 1 is 1.31 bits per heavy atom. The second-order valence-electron chi connectivity index (χ2n) is 7.12. The predicted molar refractivity (Wildman–Crippen MR) is 90.0 cm³/mol. The lowest BCUT2D eigenvalue weighted by atomic mass is 9.79. The van der Waals surface area contributed by atoms with E-state index in [1.807, 2.05) is 0 Å². The Labute approximate surface area is 150 Å². The van der Waals surface area contributed by atoms with Gasteiger partial charge in [-0.1, -0.05) is 6.92 Å². The molecule has 2 fully saturated rings. The van der Waals surface area contributed by atoms with Gasteiger partial charge in [-0.2, -0.15) is 13.2 Å². The predicted octanol–water partition coefficient (Wildman–Crippen LogP) is 4.22. The van der Waals surface area contributed by atoms with Gasteiger partial charge in [-0.15, -0.1) is 0 Å². The number of esters is 1. The molecule has 142 valence electrons. The lowest BCUT2D eigenvalue weighted by Gasteiger charge is -2.30. The molecule has 1 heterocycles. The highest BCUT2D eigenvalue weighted by molar-refractivity contribution is 5.86. The molecule has 1 aromatic rings. The van der Waals surface area contributed by atoms with E-state index in [2.05, 4.69) is 5.32 Å². The molecule has 7 heteroatoms. The summed E-state index contributed by atoms with van der Waals surface area (Å²) in [5.41, 5.74) is 0.168. The summed E-state index contributed by atoms with van der Waals surface area (Å²) in [6.45, 7) is 2.30. The quantitative estimate of drug-likeness (QED) is 0.624. The summed E-state index contributed by atoms with van der Waals surface area (Å²) in [7, 11) is 0. The Bertz CT molecular complexity index is 702. The standard InChI is InChI=1S/C19H22F3NO3/c1-2-12-6-15(19(20,21)22)7-14(10-24)18(12)23-9-11-3-4-13-8-17(25)26-16(13)5-11/h6-7,10-11,13,16,23H,2-5,8-9H2,1H3/t11-,13+,16+/m0/s1. The van der Waals surface area contributed by atoms with Crippen molar-refractivity contribution >= 4 is 17.9 Å². The third-order valence-corrected chi connectivity index (χ3v) is 5.40. The first-order valence-electron chi connectivity index (χ1n) is 8.94. The molecule has 1 aliphatic carbocycles. The van der Waals surface area contributed by atoms with Crippen LogP contribution < -0.4 is 5.32 Å². The zero-order valence-electron chi connectivity index (χ0n) is 14.6. The largest absolute Gasteiger partial charge is 0.462 e. The monoisotopic (exact) mass is 369 g/mol. The summed E-state index contributed by atoms with van der Waals surface area (Å²) in [6.07, 6.45) is -0.592. The number of carbonyl (C=O) groups excluding carboxylic acids is 2. The number of carbonyl (C=O) groups is 2. The van der Waals surface area contributed by atoms with Crippen molar-refractivity contribution in [1.29, 1.82) is 0 Å². The molecule has 1 saturated heterocycles. The summed E-state index contributed by atoms with van der Waals surface area (Å²) < 4.78 is 44.4. The number of halogens is 3. The number of rotatable bonds is 5. The summed E-state index contributed by atoms with van der Waals surface area (Å²) in [5.74, 6) is 0.406. The van der Waals surface area contributed by atoms with E-state index in [1.165, 1.54) is 0 Å². The molecule has 1 saturated carbocycles. The van der Waals surface area contributed by atoms with Crippen LogP contribution in [0.3, 0.4) is 0 Å². The van der Waals surface area contributed by atoms with Gasteiger partial charge in [0, 0.05) is 23.7 Å². The molecular formula is C19H22F3NO3. The number of hydrogen-bond acceptors (Lipinski definition) is 4. The van der Waals surface area contributed by atoms with Crippen LogP contribution in [-0.4, -0.2) is 24.9 Å². The first-order valence-corrected chi connectivity index (χ1v) is 8.94. The average Bonchev–Trinajstić information content (AvgIpc) is 2.97. The van der Waals surface area contributed by atoms with Crippen molar-refractivity contribution in [3.05, 3.63) is 28.8 Å². The van der Waals surface area contributed by atoms with Crippen molar-refractivity contribution in [2.45, 2.75) is 51.3 Å². The van der Waals surface area contributed by atoms with Crippen LogP contribution in [0.15, 0.2) is 12.1 Å². The molecule has 26 heavy (non-hydrogen) atoms. The van der Waals surface area contributed by atoms with E-state index >= 15 is 0 Å². The van der Waals surface area contributed by atoms with Crippen LogP contribution in [0.2, 0.25) is 0 Å². The Balaban J connectivity index is 1.73. The number of anilines is 1. The number of ether oxygens (including phenoxy) is 1. The number of fused-ring (bicyclic) bond motifs is 1. The number of aldehydes is 1. The van der Waals surface area contributed by atoms with Gasteiger partial charge in [0.15, 0.2) is 6.29 Å². The number of aryl methyl sites for hydroxylation is 1. The molecule has 0 radical (unpaired) electrons. The van der Waals surface area contributed by atoms with Crippen molar-refractivity contribution < 1.29 is 27.5 Å². The van der Waals surface area contributed by atoms with Crippen molar-refractivity contribution in [3.63, 3.8) is 0 Å². The Hall–Kier alpha value is -2.05. The summed E-state index contributed by atoms with van der Waals surface area (Å²) in [5, 5.41) is 3.18. The SMILES string of the molecule is CCc1cc(C(F)(F)F)cc(C=O)c1NC[C@H]1CC[C@@H]2CC(=O)O[C@@H]2C1. The minimum Gasteiger partial charge on any atom is -0.462 e. The molecule has 1 aliphatic heterocycles. The van der Waals surface area contributed by atoms with Gasteiger partial charge in [-0.3, -0.25) is 9.59 Å². The number of hydrogen-bond donors (Lipinski definition) is 1. The zero-order valence-corrected chi connectivity index (χ0v) is 14.6. The molecule has 3 atom stereocenters. The first kappa shape index (κ1) is 18.7. The topological polar surface area (TPSA) is 55.4 Å². The van der Waals surface area contributed by atoms with Crippen LogP contribution in [0.5, 0.6) is 0 Å². The van der Waals surface area contributed by atoms with E-state index in [4.69, 9.17) is 4.74 Å². The summed E-state index contributed by atoms with van der Waals surface area (Å²) in [4.78, 5) is 22.8. The minimum absolute atomic E-state index is 0.0256. The van der Waals surface area contributed by atoms with Crippen molar-refractivity contribution in [2.24, 2.45) is 11.8 Å². The lowest BCUT2D eigenvalue weighted by Crippen LogP contribution is -2.30. The zero-order chi connectivity index (χ0) is 18.9. The van der Waals surface area contributed by atoms with Gasteiger partial charge < -0.3 is 10.1 Å². The van der Waals surface area contributed by atoms with Gasteiger partial charge in [-0.05, 0) is 49.3 Å². The highest BCUT2D eigenvalue weighted by Crippen LogP contribution is 2.38. The Morgan fingerprint density at radius 3 is 2.73 bits per heavy atom. The van der Waals surface area contributed by atoms with Crippen molar-refractivity contribution in [3.8, 4) is 0 Å². The molecular weight excluding hydrogens is 347 g/mol. The molecule has 1 aromatic carbocycles. The van der Waals surface area contributed by atoms with Crippen molar-refractivity contribution in [2.75, 3.05) is 11.9 Å². The summed E-state index contributed by atoms with van der Waals surface area (Å²) >= 11 is 0. The molecule has 0 spiro atoms. The highest BCUT2D eigenvalue weighted by Gasteiger charge is 2.39. The molecule has 0 unspecified atom stereocenters. The van der Waals surface area contributed by atoms with E-state index in [0.717, 1.165) is 31.4 Å². The highest BCUT2D eigenvalue weighted by atomic mass is 19.4. The number of benzene rings is 1. The Kier molecular flexibility index (Phi) is 5.25. The van der Waals surface area contributed by atoms with E-state index in [9.17, 15) is 22.8 Å². The normalized spacial score (nSPS) is 25.5. The van der Waals surface area contributed by atoms with E-state index in [-0.39, 0.29) is 23.6 Å². The van der Waals surface area contributed by atoms with Crippen LogP contribution in [0.4, 0.5) is 18.9 Å². The van der Waals surface area contributed by atoms with Gasteiger partial charge >= 0.3 is 12.1 Å². The van der Waals surface area contributed by atoms with Crippen LogP contribution in [0, 0.1) is 11.8 Å². The van der Waals surface area contributed by atoms with Gasteiger partial charge in [0.25, 0.3) is 0 Å². The van der Waals surface area contributed by atoms with Crippen molar-refractivity contribution in [1.82, 2.24) is 0 Å². The second kappa shape index (κ2) is 7.29. The van der Waals surface area contributed by atoms with Gasteiger partial charge in [-0.25, -0.2) is 0 Å². The Morgan fingerprint density at radius 2 is 2.08 bits per heavy atom. The maximum Gasteiger partial charge on any atom is 0.416 e. The fourth-order valence-electron chi connectivity index (χ4n) is 3.99. The molecule has 4 nitrogen and oxygen atoms in total. The maximum atomic E-state index is 13.0. The van der Waals surface area contributed by atoms with E-state index in [1.54, 1.807) is 6.92 Å². The average molecular weight is 369 g/mol. The van der Waals surface area contributed by atoms with E-state index < -0.39 is 11.7 Å². The van der Waals surface area contributed by atoms with Crippen LogP contribution in [-0.2, 0) is 22.1 Å². The van der Waals surface area contributed by atoms with Gasteiger partial charge in [0.2, 0.25) is 0 Å². The van der Waals surface area contributed by atoms with Gasteiger partial charge in [0.05, 0.1) is 12.0 Å². The lowest BCUT2D eigenvalue weighted by molar-refractivity contribution is -0.142. The third kappa shape index (κ3) is 3.86. The number of alkyl halides is 3. The second-order valence-corrected chi connectivity index (χ2v) is 7.12. The molecule has 0 amide bonds. The minimum atomic E-state index is -4.48. The maximum absolute atomic E-state index is 13.0. The van der Waals surface area contributed by atoms with Crippen LogP contribution in [0.25, 0.3) is 0 Å². The third-order valence-electron chi connectivity index (χ3n) is 5.40. The molecule has 2 aliphatic rings. The van der Waals surface area contributed by atoms with Crippen LogP contribution >= 0.6 is 0 Å². The fourth-order valence-corrected chi connectivity index (χ4v) is 3.99.